The Morgan fingerprint density at radius 1 is 1.21 bits per heavy atom. The van der Waals surface area contributed by atoms with Crippen molar-refractivity contribution in [1.82, 2.24) is 9.88 Å². The van der Waals surface area contributed by atoms with Gasteiger partial charge >= 0.3 is 0 Å². The number of hydrogen-bond donors (Lipinski definition) is 0. The van der Waals surface area contributed by atoms with Gasteiger partial charge in [-0.05, 0) is 56.5 Å². The fraction of sp³-hybridized carbons (Fsp3) is 0.400. The summed E-state index contributed by atoms with van der Waals surface area (Å²) in [4.78, 5) is 18.8. The molecule has 1 aromatic carbocycles. The fourth-order valence-electron chi connectivity index (χ4n) is 2.87. The molecule has 1 amide bonds. The van der Waals surface area contributed by atoms with Crippen molar-refractivity contribution in [2.45, 2.75) is 39.2 Å². The maximum atomic E-state index is 12.6. The van der Waals surface area contributed by atoms with Gasteiger partial charge in [0.05, 0.1) is 7.11 Å². The van der Waals surface area contributed by atoms with Crippen LogP contribution in [-0.4, -0.2) is 35.5 Å². The summed E-state index contributed by atoms with van der Waals surface area (Å²) in [5.74, 6) is 1.04. The minimum absolute atomic E-state index is 0.166. The van der Waals surface area contributed by atoms with Gasteiger partial charge in [-0.2, -0.15) is 0 Å². The normalized spacial score (nSPS) is 11.8. The van der Waals surface area contributed by atoms with Crippen molar-refractivity contribution < 1.29 is 9.53 Å². The summed E-state index contributed by atoms with van der Waals surface area (Å²) in [5, 5.41) is 0. The van der Waals surface area contributed by atoms with Crippen LogP contribution >= 0.6 is 0 Å². The van der Waals surface area contributed by atoms with E-state index < -0.39 is 0 Å². The molecule has 0 aliphatic carbocycles. The molecule has 0 fully saturated rings. The molecule has 2 aromatic rings. The predicted octanol–water partition coefficient (Wildman–Crippen LogP) is 3.50. The molecule has 0 spiro atoms. The predicted molar refractivity (Wildman–Crippen MR) is 96.1 cm³/mol. The Kier molecular flexibility index (Phi) is 6.79. The highest BCUT2D eigenvalue weighted by atomic mass is 16.5. The van der Waals surface area contributed by atoms with Gasteiger partial charge in [0.1, 0.15) is 5.75 Å². The number of carbonyl (C=O) groups is 1. The molecule has 24 heavy (non-hydrogen) atoms. The van der Waals surface area contributed by atoms with Crippen molar-refractivity contribution in [3.05, 3.63) is 59.9 Å². The summed E-state index contributed by atoms with van der Waals surface area (Å²) in [7, 11) is 1.66. The third-order valence-electron chi connectivity index (χ3n) is 4.20. The van der Waals surface area contributed by atoms with E-state index in [1.807, 2.05) is 42.2 Å². The second-order valence-electron chi connectivity index (χ2n) is 5.90. The minimum atomic E-state index is 0.166. The lowest BCUT2D eigenvalue weighted by Crippen LogP contribution is -2.39. The number of nitrogens with zero attached hydrogens (tertiary/aromatic N) is 2. The Balaban J connectivity index is 1.91. The highest BCUT2D eigenvalue weighted by Crippen LogP contribution is 2.15. The van der Waals surface area contributed by atoms with Crippen LogP contribution in [0.15, 0.2) is 48.7 Å². The molecule has 1 aromatic heterocycles. The van der Waals surface area contributed by atoms with E-state index in [0.717, 1.165) is 24.4 Å². The van der Waals surface area contributed by atoms with E-state index in [4.69, 9.17) is 4.74 Å². The summed E-state index contributed by atoms with van der Waals surface area (Å²) in [6.07, 6.45) is 3.79. The summed E-state index contributed by atoms with van der Waals surface area (Å²) < 4.78 is 5.18. The van der Waals surface area contributed by atoms with Crippen molar-refractivity contribution in [3.8, 4) is 5.75 Å². The van der Waals surface area contributed by atoms with E-state index in [2.05, 4.69) is 24.0 Å². The smallest absolute Gasteiger partial charge is 0.223 e. The molecule has 0 aliphatic rings. The summed E-state index contributed by atoms with van der Waals surface area (Å²) in [6, 6.07) is 14.0. The van der Waals surface area contributed by atoms with E-state index in [0.29, 0.717) is 12.8 Å². The minimum Gasteiger partial charge on any atom is -0.497 e. The average Bonchev–Trinajstić information content (AvgIpc) is 2.62. The van der Waals surface area contributed by atoms with Crippen LogP contribution in [0.25, 0.3) is 0 Å². The van der Waals surface area contributed by atoms with Crippen LogP contribution in [0.3, 0.4) is 0 Å². The van der Waals surface area contributed by atoms with Crippen molar-refractivity contribution >= 4 is 5.91 Å². The molecular weight excluding hydrogens is 300 g/mol. The number of likely N-dealkylation sites (N-methyl/N-ethyl adjacent to an activating group) is 1. The van der Waals surface area contributed by atoms with Crippen LogP contribution in [0.2, 0.25) is 0 Å². The molecule has 0 saturated carbocycles. The topological polar surface area (TPSA) is 42.4 Å². The van der Waals surface area contributed by atoms with Crippen LogP contribution in [0.5, 0.6) is 5.75 Å². The molecule has 0 saturated heterocycles. The van der Waals surface area contributed by atoms with Gasteiger partial charge in [-0.25, -0.2) is 0 Å². The number of aromatic nitrogens is 1. The van der Waals surface area contributed by atoms with Gasteiger partial charge in [0.2, 0.25) is 5.91 Å². The standard InChI is InChI=1S/C20H26N2O2/c1-4-22(20(23)13-10-18-7-5-6-14-21-18)16(2)15-17-8-11-19(24-3)12-9-17/h5-9,11-12,14,16H,4,10,13,15H2,1-3H3. The van der Waals surface area contributed by atoms with E-state index in [1.54, 1.807) is 13.3 Å². The Labute approximate surface area is 144 Å². The van der Waals surface area contributed by atoms with Gasteiger partial charge in [0.25, 0.3) is 0 Å². The summed E-state index contributed by atoms with van der Waals surface area (Å²) >= 11 is 0. The van der Waals surface area contributed by atoms with Crippen molar-refractivity contribution in [3.63, 3.8) is 0 Å². The zero-order valence-electron chi connectivity index (χ0n) is 14.7. The number of hydrogen-bond acceptors (Lipinski definition) is 3. The van der Waals surface area contributed by atoms with Crippen LogP contribution in [0, 0.1) is 0 Å². The maximum absolute atomic E-state index is 12.6. The lowest BCUT2D eigenvalue weighted by molar-refractivity contribution is -0.132. The molecule has 0 radical (unpaired) electrons. The maximum Gasteiger partial charge on any atom is 0.223 e. The highest BCUT2D eigenvalue weighted by molar-refractivity contribution is 5.76. The zero-order valence-corrected chi connectivity index (χ0v) is 14.7. The number of amides is 1. The Bertz CT molecular complexity index is 626. The average molecular weight is 326 g/mol. The second kappa shape index (κ2) is 9.06. The molecule has 1 unspecified atom stereocenters. The van der Waals surface area contributed by atoms with Gasteiger partial charge in [0.15, 0.2) is 0 Å². The lowest BCUT2D eigenvalue weighted by atomic mass is 10.0. The number of benzene rings is 1. The first kappa shape index (κ1) is 18.0. The summed E-state index contributed by atoms with van der Waals surface area (Å²) in [5.41, 5.74) is 2.17. The molecule has 4 nitrogen and oxygen atoms in total. The van der Waals surface area contributed by atoms with Gasteiger partial charge in [-0.1, -0.05) is 18.2 Å². The van der Waals surface area contributed by atoms with Crippen molar-refractivity contribution in [2.75, 3.05) is 13.7 Å². The molecule has 0 bridgehead atoms. The quantitative estimate of drug-likeness (QED) is 0.745. The monoisotopic (exact) mass is 326 g/mol. The van der Waals surface area contributed by atoms with E-state index >= 15 is 0 Å². The molecule has 4 heteroatoms. The first-order chi connectivity index (χ1) is 11.6. The number of aryl methyl sites for hydroxylation is 1. The molecule has 2 rings (SSSR count). The molecular formula is C20H26N2O2. The fourth-order valence-corrected chi connectivity index (χ4v) is 2.87. The van der Waals surface area contributed by atoms with E-state index in [1.165, 1.54) is 5.56 Å². The number of ether oxygens (including phenoxy) is 1. The number of carbonyl (C=O) groups excluding carboxylic acids is 1. The molecule has 128 valence electrons. The van der Waals surface area contributed by atoms with Crippen molar-refractivity contribution in [2.24, 2.45) is 0 Å². The summed E-state index contributed by atoms with van der Waals surface area (Å²) in [6.45, 7) is 4.86. The second-order valence-corrected chi connectivity index (χ2v) is 5.90. The largest absolute Gasteiger partial charge is 0.497 e. The molecule has 0 aliphatic heterocycles. The SMILES string of the molecule is CCN(C(=O)CCc1ccccn1)C(C)Cc1ccc(OC)cc1. The van der Waals surface area contributed by atoms with Crippen molar-refractivity contribution in [1.29, 1.82) is 0 Å². The van der Waals surface area contributed by atoms with Crippen LogP contribution < -0.4 is 4.74 Å². The number of methoxy groups -OCH3 is 1. The van der Waals surface area contributed by atoms with E-state index in [-0.39, 0.29) is 11.9 Å². The van der Waals surface area contributed by atoms with Gasteiger partial charge in [-0.15, -0.1) is 0 Å². The third kappa shape index (κ3) is 5.08. The number of pyridine rings is 1. The zero-order chi connectivity index (χ0) is 17.4. The molecule has 0 N–H and O–H groups in total. The first-order valence-corrected chi connectivity index (χ1v) is 8.46. The van der Waals surface area contributed by atoms with E-state index in [9.17, 15) is 4.79 Å². The van der Waals surface area contributed by atoms with Gasteiger partial charge in [0, 0.05) is 30.9 Å². The lowest BCUT2D eigenvalue weighted by Gasteiger charge is -2.28. The molecule has 1 atom stereocenters. The van der Waals surface area contributed by atoms with Crippen LogP contribution in [-0.2, 0) is 17.6 Å². The van der Waals surface area contributed by atoms with Crippen LogP contribution in [0.1, 0.15) is 31.5 Å². The first-order valence-electron chi connectivity index (χ1n) is 8.46. The Morgan fingerprint density at radius 2 is 1.96 bits per heavy atom. The Morgan fingerprint density at radius 3 is 2.54 bits per heavy atom. The van der Waals surface area contributed by atoms with Gasteiger partial charge < -0.3 is 9.64 Å². The number of rotatable bonds is 8. The van der Waals surface area contributed by atoms with Gasteiger partial charge in [-0.3, -0.25) is 9.78 Å². The Hall–Kier alpha value is -2.36. The van der Waals surface area contributed by atoms with Crippen LogP contribution in [0.4, 0.5) is 0 Å². The third-order valence-corrected chi connectivity index (χ3v) is 4.20. The highest BCUT2D eigenvalue weighted by Gasteiger charge is 2.18. The molecule has 1 heterocycles.